The number of nitrogens with zero attached hydrogens (tertiary/aromatic N) is 2. The van der Waals surface area contributed by atoms with Gasteiger partial charge in [-0.25, -0.2) is 0 Å². The third-order valence-corrected chi connectivity index (χ3v) is 6.14. The van der Waals surface area contributed by atoms with Gasteiger partial charge in [-0.1, -0.05) is 44.1 Å². The molecule has 25 heavy (non-hydrogen) atoms. The van der Waals surface area contributed by atoms with Crippen LogP contribution in [0.15, 0.2) is 40.8 Å². The summed E-state index contributed by atoms with van der Waals surface area (Å²) in [6.45, 7) is 8.76. The van der Waals surface area contributed by atoms with Crippen LogP contribution in [0.3, 0.4) is 0 Å². The number of thioether (sulfide) groups is 1. The van der Waals surface area contributed by atoms with Crippen LogP contribution in [-0.4, -0.2) is 42.7 Å². The van der Waals surface area contributed by atoms with Gasteiger partial charge in [0.05, 0.1) is 11.4 Å². The van der Waals surface area contributed by atoms with E-state index in [0.29, 0.717) is 11.7 Å². The first-order chi connectivity index (χ1) is 12.2. The van der Waals surface area contributed by atoms with Crippen molar-refractivity contribution >= 4 is 23.4 Å². The Morgan fingerprint density at radius 1 is 1.20 bits per heavy atom. The lowest BCUT2D eigenvalue weighted by molar-refractivity contribution is -0.116. The SMILES string of the molecule is CCCC=C1CCN(C[C@@H](C)CN2C(=O)CSc3ccccc32)CC1. The van der Waals surface area contributed by atoms with Crippen LogP contribution in [0, 0.1) is 5.92 Å². The number of para-hydroxylation sites is 1. The maximum atomic E-state index is 12.4. The van der Waals surface area contributed by atoms with Gasteiger partial charge in [0, 0.05) is 31.1 Å². The van der Waals surface area contributed by atoms with Crippen molar-refractivity contribution in [2.45, 2.75) is 44.4 Å². The highest BCUT2D eigenvalue weighted by Crippen LogP contribution is 2.35. The second-order valence-electron chi connectivity index (χ2n) is 7.32. The third kappa shape index (κ3) is 4.89. The molecule has 2 aliphatic heterocycles. The summed E-state index contributed by atoms with van der Waals surface area (Å²) in [5, 5.41) is 0. The van der Waals surface area contributed by atoms with E-state index < -0.39 is 0 Å². The molecule has 1 atom stereocenters. The lowest BCUT2D eigenvalue weighted by Crippen LogP contribution is -2.42. The van der Waals surface area contributed by atoms with Crippen LogP contribution in [0.2, 0.25) is 0 Å². The highest BCUT2D eigenvalue weighted by molar-refractivity contribution is 8.00. The third-order valence-electron chi connectivity index (χ3n) is 5.09. The first kappa shape index (κ1) is 18.5. The lowest BCUT2D eigenvalue weighted by atomic mass is 10.0. The Labute approximate surface area is 156 Å². The summed E-state index contributed by atoms with van der Waals surface area (Å²) in [7, 11) is 0. The molecule has 136 valence electrons. The molecule has 0 unspecified atom stereocenters. The van der Waals surface area contributed by atoms with Gasteiger partial charge in [0.15, 0.2) is 0 Å². The smallest absolute Gasteiger partial charge is 0.237 e. The summed E-state index contributed by atoms with van der Waals surface area (Å²) >= 11 is 1.66. The number of likely N-dealkylation sites (tertiary alicyclic amines) is 1. The topological polar surface area (TPSA) is 23.6 Å². The summed E-state index contributed by atoms with van der Waals surface area (Å²) in [5.41, 5.74) is 2.74. The Balaban J connectivity index is 1.53. The molecular formula is C21H30N2OS. The Morgan fingerprint density at radius 3 is 2.72 bits per heavy atom. The average Bonchev–Trinajstić information content (AvgIpc) is 2.63. The molecule has 3 rings (SSSR count). The number of carbonyl (C=O) groups excluding carboxylic acids is 1. The van der Waals surface area contributed by atoms with Gasteiger partial charge in [0.2, 0.25) is 5.91 Å². The van der Waals surface area contributed by atoms with E-state index in [-0.39, 0.29) is 5.91 Å². The van der Waals surface area contributed by atoms with Crippen molar-refractivity contribution in [3.05, 3.63) is 35.9 Å². The zero-order valence-electron chi connectivity index (χ0n) is 15.5. The minimum atomic E-state index is 0.249. The molecule has 0 bridgehead atoms. The van der Waals surface area contributed by atoms with Crippen molar-refractivity contribution in [2.75, 3.05) is 36.8 Å². The highest BCUT2D eigenvalue weighted by Gasteiger charge is 2.26. The van der Waals surface area contributed by atoms with E-state index in [1.165, 1.54) is 43.7 Å². The maximum absolute atomic E-state index is 12.4. The fourth-order valence-electron chi connectivity index (χ4n) is 3.74. The maximum Gasteiger partial charge on any atom is 0.237 e. The molecule has 2 heterocycles. The van der Waals surface area contributed by atoms with Crippen LogP contribution in [0.25, 0.3) is 0 Å². The van der Waals surface area contributed by atoms with Gasteiger partial charge in [-0.05, 0) is 37.3 Å². The number of hydrogen-bond donors (Lipinski definition) is 0. The number of benzene rings is 1. The molecule has 0 aliphatic carbocycles. The van der Waals surface area contributed by atoms with Gasteiger partial charge < -0.3 is 9.80 Å². The molecule has 4 heteroatoms. The quantitative estimate of drug-likeness (QED) is 0.695. The lowest BCUT2D eigenvalue weighted by Gasteiger charge is -2.34. The minimum Gasteiger partial charge on any atom is -0.310 e. The fraction of sp³-hybridized carbons (Fsp3) is 0.571. The zero-order valence-corrected chi connectivity index (χ0v) is 16.4. The molecule has 0 N–H and O–H groups in total. The molecule has 0 spiro atoms. The number of hydrogen-bond acceptors (Lipinski definition) is 3. The Hall–Kier alpha value is -1.26. The van der Waals surface area contributed by atoms with Crippen LogP contribution in [0.4, 0.5) is 5.69 Å². The second-order valence-corrected chi connectivity index (χ2v) is 8.33. The molecule has 3 nitrogen and oxygen atoms in total. The van der Waals surface area contributed by atoms with Crippen molar-refractivity contribution in [1.82, 2.24) is 4.90 Å². The van der Waals surface area contributed by atoms with Crippen molar-refractivity contribution in [3.8, 4) is 0 Å². The number of carbonyl (C=O) groups is 1. The van der Waals surface area contributed by atoms with Gasteiger partial charge in [-0.15, -0.1) is 11.8 Å². The minimum absolute atomic E-state index is 0.249. The molecule has 0 saturated carbocycles. The normalized spacial score (nSPS) is 19.7. The average molecular weight is 359 g/mol. The molecule has 1 fully saturated rings. The highest BCUT2D eigenvalue weighted by atomic mass is 32.2. The first-order valence-electron chi connectivity index (χ1n) is 9.59. The van der Waals surface area contributed by atoms with Crippen LogP contribution >= 0.6 is 11.8 Å². The van der Waals surface area contributed by atoms with E-state index in [2.05, 4.69) is 43.0 Å². The number of piperidine rings is 1. The van der Waals surface area contributed by atoms with Crippen LogP contribution in [-0.2, 0) is 4.79 Å². The molecule has 0 radical (unpaired) electrons. The second kappa shape index (κ2) is 8.91. The number of fused-ring (bicyclic) bond motifs is 1. The summed E-state index contributed by atoms with van der Waals surface area (Å²) in [6, 6.07) is 8.29. The monoisotopic (exact) mass is 358 g/mol. The van der Waals surface area contributed by atoms with Crippen molar-refractivity contribution in [2.24, 2.45) is 5.92 Å². The Morgan fingerprint density at radius 2 is 1.96 bits per heavy atom. The zero-order chi connectivity index (χ0) is 17.6. The molecule has 1 amide bonds. The van der Waals surface area contributed by atoms with Gasteiger partial charge in [-0.2, -0.15) is 0 Å². The van der Waals surface area contributed by atoms with E-state index in [1.807, 2.05) is 11.0 Å². The largest absolute Gasteiger partial charge is 0.310 e. The summed E-state index contributed by atoms with van der Waals surface area (Å²) in [5.74, 6) is 1.30. The van der Waals surface area contributed by atoms with Gasteiger partial charge >= 0.3 is 0 Å². The molecule has 2 aliphatic rings. The summed E-state index contributed by atoms with van der Waals surface area (Å²) in [6.07, 6.45) is 7.35. The number of anilines is 1. The van der Waals surface area contributed by atoms with Crippen LogP contribution < -0.4 is 4.90 Å². The van der Waals surface area contributed by atoms with Crippen molar-refractivity contribution < 1.29 is 4.79 Å². The van der Waals surface area contributed by atoms with Crippen molar-refractivity contribution in [1.29, 1.82) is 0 Å². The standard InChI is InChI=1S/C21H30N2OS/c1-3-4-7-18-10-12-22(13-11-18)14-17(2)15-23-19-8-5-6-9-20(19)25-16-21(23)24/h5-9,17H,3-4,10-16H2,1-2H3/t17-/m1/s1. The van der Waals surface area contributed by atoms with E-state index in [9.17, 15) is 4.79 Å². The molecule has 1 saturated heterocycles. The van der Waals surface area contributed by atoms with Crippen LogP contribution in [0.5, 0.6) is 0 Å². The number of unbranched alkanes of at least 4 members (excludes halogenated alkanes) is 1. The van der Waals surface area contributed by atoms with Gasteiger partial charge in [0.1, 0.15) is 0 Å². The number of amides is 1. The first-order valence-corrected chi connectivity index (χ1v) is 10.6. The Kier molecular flexibility index (Phi) is 6.60. The van der Waals surface area contributed by atoms with Crippen molar-refractivity contribution in [3.63, 3.8) is 0 Å². The van der Waals surface area contributed by atoms with E-state index >= 15 is 0 Å². The predicted octanol–water partition coefficient (Wildman–Crippen LogP) is 4.58. The number of rotatable bonds is 6. The van der Waals surface area contributed by atoms with Gasteiger partial charge in [0.25, 0.3) is 0 Å². The molecule has 1 aromatic rings. The van der Waals surface area contributed by atoms with E-state index in [0.717, 1.165) is 18.8 Å². The summed E-state index contributed by atoms with van der Waals surface area (Å²) < 4.78 is 0. The fourth-order valence-corrected chi connectivity index (χ4v) is 4.68. The number of allylic oxidation sites excluding steroid dienone is 1. The summed E-state index contributed by atoms with van der Waals surface area (Å²) in [4.78, 5) is 18.2. The molecule has 0 aromatic heterocycles. The Bertz CT molecular complexity index is 618. The van der Waals surface area contributed by atoms with Gasteiger partial charge in [-0.3, -0.25) is 4.79 Å². The van der Waals surface area contributed by atoms with E-state index in [1.54, 1.807) is 17.3 Å². The van der Waals surface area contributed by atoms with E-state index in [4.69, 9.17) is 0 Å². The predicted molar refractivity (Wildman–Crippen MR) is 107 cm³/mol. The molecule has 1 aromatic carbocycles. The molecular weight excluding hydrogens is 328 g/mol. The van der Waals surface area contributed by atoms with Crippen LogP contribution in [0.1, 0.15) is 39.5 Å².